The number of benzene rings is 1. The van der Waals surface area contributed by atoms with Crippen molar-refractivity contribution < 1.29 is 9.53 Å². The van der Waals surface area contributed by atoms with Gasteiger partial charge >= 0.3 is 5.97 Å². The minimum Gasteiger partial charge on any atom is -0.462 e. The molecule has 0 saturated carbocycles. The lowest BCUT2D eigenvalue weighted by atomic mass is 10.1. The molecule has 2 N–H and O–H groups in total. The number of thiocarbonyl (C=S) groups is 1. The zero-order chi connectivity index (χ0) is 15.8. The highest BCUT2D eigenvalue weighted by Crippen LogP contribution is 2.19. The Labute approximate surface area is 132 Å². The van der Waals surface area contributed by atoms with Crippen LogP contribution in [0.4, 0.5) is 5.69 Å². The van der Waals surface area contributed by atoms with E-state index in [1.54, 1.807) is 13.0 Å². The monoisotopic (exact) mass is 308 g/mol. The number of nitrogens with one attached hydrogen (secondary N) is 2. The maximum atomic E-state index is 11.9. The van der Waals surface area contributed by atoms with Crippen molar-refractivity contribution in [2.24, 2.45) is 0 Å². The lowest BCUT2D eigenvalue weighted by molar-refractivity contribution is 0.0525. The number of hydrogen-bond donors (Lipinski definition) is 2. The fourth-order valence-electron chi connectivity index (χ4n) is 2.09. The first-order valence-electron chi connectivity index (χ1n) is 7.33. The van der Waals surface area contributed by atoms with Crippen molar-refractivity contribution in [2.75, 3.05) is 11.9 Å². The number of carbonyl (C=O) groups excluding carboxylic acids is 1. The molecule has 0 saturated heterocycles. The summed E-state index contributed by atoms with van der Waals surface area (Å²) in [5, 5.41) is 6.95. The Morgan fingerprint density at radius 2 is 2.10 bits per heavy atom. The summed E-state index contributed by atoms with van der Waals surface area (Å²) in [6.07, 6.45) is 2.16. The second-order valence-electron chi connectivity index (χ2n) is 4.99. The van der Waals surface area contributed by atoms with E-state index in [9.17, 15) is 4.79 Å². The van der Waals surface area contributed by atoms with Crippen LogP contribution in [0.15, 0.2) is 18.2 Å². The van der Waals surface area contributed by atoms with Crippen LogP contribution >= 0.6 is 12.2 Å². The summed E-state index contributed by atoms with van der Waals surface area (Å²) in [6, 6.07) is 5.80. The van der Waals surface area contributed by atoms with Crippen molar-refractivity contribution in [3.63, 3.8) is 0 Å². The van der Waals surface area contributed by atoms with Gasteiger partial charge in [0.15, 0.2) is 5.11 Å². The highest BCUT2D eigenvalue weighted by Gasteiger charge is 2.13. The maximum absolute atomic E-state index is 11.9. The van der Waals surface area contributed by atoms with E-state index in [0.29, 0.717) is 23.3 Å². The molecular formula is C16H24N2O2S. The average molecular weight is 308 g/mol. The molecule has 0 aromatic heterocycles. The van der Waals surface area contributed by atoms with Crippen molar-refractivity contribution >= 4 is 29.0 Å². The van der Waals surface area contributed by atoms with Crippen LogP contribution in [0.2, 0.25) is 0 Å². The topological polar surface area (TPSA) is 50.4 Å². The maximum Gasteiger partial charge on any atom is 0.338 e. The minimum atomic E-state index is -0.308. The summed E-state index contributed by atoms with van der Waals surface area (Å²) in [4.78, 5) is 11.9. The van der Waals surface area contributed by atoms with Gasteiger partial charge < -0.3 is 15.4 Å². The molecule has 0 radical (unpaired) electrons. The summed E-state index contributed by atoms with van der Waals surface area (Å²) < 4.78 is 5.05. The summed E-state index contributed by atoms with van der Waals surface area (Å²) in [7, 11) is 0. The van der Waals surface area contributed by atoms with Gasteiger partial charge in [-0.1, -0.05) is 19.4 Å². The predicted octanol–water partition coefficient (Wildman–Crippen LogP) is 3.65. The van der Waals surface area contributed by atoms with E-state index >= 15 is 0 Å². The summed E-state index contributed by atoms with van der Waals surface area (Å²) in [5.74, 6) is -0.308. The van der Waals surface area contributed by atoms with Gasteiger partial charge in [0.05, 0.1) is 12.2 Å². The van der Waals surface area contributed by atoms with Crippen molar-refractivity contribution in [3.8, 4) is 0 Å². The van der Waals surface area contributed by atoms with E-state index in [1.165, 1.54) is 0 Å². The molecule has 4 nitrogen and oxygen atoms in total. The van der Waals surface area contributed by atoms with Crippen molar-refractivity contribution in [3.05, 3.63) is 29.3 Å². The normalized spacial score (nSPS) is 11.6. The average Bonchev–Trinajstić information content (AvgIpc) is 2.41. The molecule has 5 heteroatoms. The molecule has 1 rings (SSSR count). The van der Waals surface area contributed by atoms with Crippen molar-refractivity contribution in [1.29, 1.82) is 0 Å². The molecule has 0 unspecified atom stereocenters. The minimum absolute atomic E-state index is 0.308. The Kier molecular flexibility index (Phi) is 7.15. The van der Waals surface area contributed by atoms with E-state index in [4.69, 9.17) is 17.0 Å². The largest absolute Gasteiger partial charge is 0.462 e. The van der Waals surface area contributed by atoms with Crippen LogP contribution in [0.5, 0.6) is 0 Å². The smallest absolute Gasteiger partial charge is 0.338 e. The summed E-state index contributed by atoms with van der Waals surface area (Å²) >= 11 is 5.31. The Bertz CT molecular complexity index is 503. The van der Waals surface area contributed by atoms with Crippen LogP contribution in [0, 0.1) is 6.92 Å². The zero-order valence-corrected chi connectivity index (χ0v) is 14.0. The first-order chi connectivity index (χ1) is 9.99. The van der Waals surface area contributed by atoms with E-state index in [2.05, 4.69) is 24.5 Å². The number of rotatable bonds is 6. The lowest BCUT2D eigenvalue weighted by Gasteiger charge is -2.18. The molecule has 0 amide bonds. The Hall–Kier alpha value is -1.62. The van der Waals surface area contributed by atoms with Crippen LogP contribution in [-0.2, 0) is 4.74 Å². The molecule has 0 heterocycles. The molecule has 0 aliphatic carbocycles. The second-order valence-corrected chi connectivity index (χ2v) is 5.40. The quantitative estimate of drug-likeness (QED) is 0.620. The molecule has 0 aliphatic rings. The van der Waals surface area contributed by atoms with Gasteiger partial charge in [0.25, 0.3) is 0 Å². The Balaban J connectivity index is 2.78. The predicted molar refractivity (Wildman–Crippen MR) is 90.9 cm³/mol. The second kappa shape index (κ2) is 8.62. The van der Waals surface area contributed by atoms with Crippen LogP contribution in [0.3, 0.4) is 0 Å². The van der Waals surface area contributed by atoms with Gasteiger partial charge in [-0.15, -0.1) is 0 Å². The molecule has 0 bridgehead atoms. The third kappa shape index (κ3) is 5.34. The molecule has 116 valence electrons. The van der Waals surface area contributed by atoms with Crippen LogP contribution in [0.25, 0.3) is 0 Å². The van der Waals surface area contributed by atoms with Gasteiger partial charge in [0, 0.05) is 11.7 Å². The van der Waals surface area contributed by atoms with Gasteiger partial charge in [0.1, 0.15) is 0 Å². The SMILES string of the molecule is CCC[C@@H](C)NC(=S)Nc1cccc(C(=O)OCC)c1C. The van der Waals surface area contributed by atoms with Crippen molar-refractivity contribution in [2.45, 2.75) is 46.6 Å². The zero-order valence-electron chi connectivity index (χ0n) is 13.2. The summed E-state index contributed by atoms with van der Waals surface area (Å²) in [5.41, 5.74) is 2.22. The Morgan fingerprint density at radius 1 is 1.38 bits per heavy atom. The summed E-state index contributed by atoms with van der Waals surface area (Å²) in [6.45, 7) is 8.28. The molecule has 1 atom stereocenters. The van der Waals surface area contributed by atoms with Gasteiger partial charge in [0.2, 0.25) is 0 Å². The van der Waals surface area contributed by atoms with Gasteiger partial charge in [-0.05, 0) is 57.1 Å². The van der Waals surface area contributed by atoms with Gasteiger partial charge in [-0.25, -0.2) is 4.79 Å². The van der Waals surface area contributed by atoms with Crippen molar-refractivity contribution in [1.82, 2.24) is 5.32 Å². The third-order valence-corrected chi connectivity index (χ3v) is 3.40. The molecule has 0 aliphatic heterocycles. The first-order valence-corrected chi connectivity index (χ1v) is 7.74. The number of carbonyl (C=O) groups is 1. The van der Waals surface area contributed by atoms with E-state index < -0.39 is 0 Å². The van der Waals surface area contributed by atoms with Crippen LogP contribution in [0.1, 0.15) is 49.5 Å². The molecule has 1 aromatic rings. The first kappa shape index (κ1) is 17.4. The fourth-order valence-corrected chi connectivity index (χ4v) is 2.40. The molecule has 1 aromatic carbocycles. The van der Waals surface area contributed by atoms with Gasteiger partial charge in [-0.2, -0.15) is 0 Å². The number of hydrogen-bond acceptors (Lipinski definition) is 3. The van der Waals surface area contributed by atoms with E-state index in [0.717, 1.165) is 24.1 Å². The number of ether oxygens (including phenoxy) is 1. The standard InChI is InChI=1S/C16H24N2O2S/c1-5-8-11(3)17-16(21)18-14-10-7-9-13(12(14)4)15(19)20-6-2/h7,9-11H,5-6,8H2,1-4H3,(H2,17,18,21)/t11-/m1/s1. The fraction of sp³-hybridized carbons (Fsp3) is 0.500. The van der Waals surface area contributed by atoms with Gasteiger partial charge in [-0.3, -0.25) is 0 Å². The molecule has 0 fully saturated rings. The van der Waals surface area contributed by atoms with E-state index in [-0.39, 0.29) is 5.97 Å². The third-order valence-electron chi connectivity index (χ3n) is 3.18. The number of esters is 1. The highest BCUT2D eigenvalue weighted by atomic mass is 32.1. The van der Waals surface area contributed by atoms with E-state index in [1.807, 2.05) is 19.1 Å². The van der Waals surface area contributed by atoms with Crippen LogP contribution < -0.4 is 10.6 Å². The molecule has 0 spiro atoms. The lowest BCUT2D eigenvalue weighted by Crippen LogP contribution is -2.36. The molecular weight excluding hydrogens is 284 g/mol. The molecule has 21 heavy (non-hydrogen) atoms. The van der Waals surface area contributed by atoms with Crippen LogP contribution in [-0.4, -0.2) is 23.7 Å². The number of anilines is 1. The Morgan fingerprint density at radius 3 is 2.71 bits per heavy atom. The highest BCUT2D eigenvalue weighted by molar-refractivity contribution is 7.80.